The molecule has 0 atom stereocenters. The Morgan fingerprint density at radius 2 is 2.00 bits per heavy atom. The molecule has 0 aromatic rings. The highest BCUT2D eigenvalue weighted by Gasteiger charge is 2.17. The number of hydrogen-bond acceptors (Lipinski definition) is 4. The van der Waals surface area contributed by atoms with Crippen LogP contribution in [0.25, 0.3) is 0 Å². The number of carboxylic acids is 1. The molecule has 0 aromatic heterocycles. The van der Waals surface area contributed by atoms with Crippen LogP contribution < -0.4 is 0 Å². The fourth-order valence-corrected chi connectivity index (χ4v) is 0.346. The Hall–Kier alpha value is -0.660. The summed E-state index contributed by atoms with van der Waals surface area (Å²) in [5.74, 6) is -2.74. The van der Waals surface area contributed by atoms with E-state index < -0.39 is 17.7 Å². The first-order valence-electron chi connectivity index (χ1n) is 1.74. The van der Waals surface area contributed by atoms with Gasteiger partial charge in [-0.15, -0.1) is 0 Å². The zero-order valence-electron chi connectivity index (χ0n) is 4.05. The van der Waals surface area contributed by atoms with Gasteiger partial charge >= 0.3 is 11.9 Å². The molecule has 0 bridgehead atoms. The van der Waals surface area contributed by atoms with Crippen LogP contribution >= 0.6 is 23.0 Å². The molecule has 0 aliphatic heterocycles. The van der Waals surface area contributed by atoms with Gasteiger partial charge in [-0.25, -0.2) is 9.59 Å². The second kappa shape index (κ2) is 3.38. The number of hydrogen-bond donors (Lipinski definition) is 2. The van der Waals surface area contributed by atoms with E-state index in [2.05, 4.69) is 3.07 Å². The van der Waals surface area contributed by atoms with Gasteiger partial charge in [0.05, 0.1) is 0 Å². The van der Waals surface area contributed by atoms with E-state index in [0.717, 1.165) is 0 Å². The molecule has 0 radical (unpaired) electrons. The van der Waals surface area contributed by atoms with Crippen LogP contribution in [0.1, 0.15) is 0 Å². The van der Waals surface area contributed by atoms with Gasteiger partial charge in [-0.2, -0.15) is 0 Å². The first-order chi connectivity index (χ1) is 4.09. The molecule has 0 aliphatic rings. The van der Waals surface area contributed by atoms with Gasteiger partial charge < -0.3 is 8.17 Å². The topological polar surface area (TPSA) is 87.5 Å². The predicted molar refractivity (Wildman–Crippen MR) is 35.5 cm³/mol. The maximum absolute atomic E-state index is 10.1. The van der Waals surface area contributed by atoms with Gasteiger partial charge in [-0.05, 0) is 0 Å². The highest BCUT2D eigenvalue weighted by atomic mass is 127. The van der Waals surface area contributed by atoms with Gasteiger partial charge in [0.15, 0.2) is 23.0 Å². The third-order valence-electron chi connectivity index (χ3n) is 0.488. The molecule has 0 saturated carbocycles. The van der Waals surface area contributed by atoms with Crippen molar-refractivity contribution in [1.29, 1.82) is 5.41 Å². The minimum atomic E-state index is -1.59. The molecule has 0 aromatic carbocycles. The van der Waals surface area contributed by atoms with Crippen LogP contribution in [0, 0.1) is 5.41 Å². The van der Waals surface area contributed by atoms with Crippen LogP contribution in [0.4, 0.5) is 0 Å². The number of nitrogens with one attached hydrogen (secondary N) is 1. The predicted octanol–water partition coefficient (Wildman–Crippen LogP) is -0.0160. The summed E-state index contributed by atoms with van der Waals surface area (Å²) in [6.45, 7) is 0. The van der Waals surface area contributed by atoms with Crippen LogP contribution in [0.2, 0.25) is 0 Å². The molecule has 2 N–H and O–H groups in total. The second-order valence-electron chi connectivity index (χ2n) is 1.04. The lowest BCUT2D eigenvalue weighted by Gasteiger charge is -1.89. The molecule has 0 unspecified atom stereocenters. The largest absolute Gasteiger partial charge is 0.476 e. The number of carbonyl (C=O) groups excluding carboxylic acids is 1. The zero-order chi connectivity index (χ0) is 7.44. The van der Waals surface area contributed by atoms with E-state index in [4.69, 9.17) is 10.5 Å². The second-order valence-corrected chi connectivity index (χ2v) is 1.49. The Morgan fingerprint density at radius 3 is 2.11 bits per heavy atom. The van der Waals surface area contributed by atoms with E-state index >= 15 is 0 Å². The summed E-state index contributed by atoms with van der Waals surface area (Å²) in [6.07, 6.45) is 0. The molecule has 0 spiro atoms. The van der Waals surface area contributed by atoms with Crippen molar-refractivity contribution < 1.29 is 17.8 Å². The number of carboxylic acid groups (broad SMARTS) is 1. The quantitative estimate of drug-likeness (QED) is 0.405. The summed E-state index contributed by atoms with van der Waals surface area (Å²) in [6, 6.07) is 0. The fourth-order valence-electron chi connectivity index (χ4n) is 0.126. The van der Waals surface area contributed by atoms with Crippen molar-refractivity contribution in [2.24, 2.45) is 0 Å². The highest BCUT2D eigenvalue weighted by molar-refractivity contribution is 14.1. The monoisotopic (exact) mass is 243 g/mol. The number of halogens is 1. The van der Waals surface area contributed by atoms with Crippen molar-refractivity contribution in [2.45, 2.75) is 0 Å². The Bertz CT molecular complexity index is 165. The Morgan fingerprint density at radius 1 is 1.56 bits per heavy atom. The normalized spacial score (nSPS) is 8.11. The van der Waals surface area contributed by atoms with Gasteiger partial charge in [0.25, 0.3) is 0 Å². The van der Waals surface area contributed by atoms with E-state index in [1.807, 2.05) is 0 Å². The van der Waals surface area contributed by atoms with E-state index in [9.17, 15) is 9.59 Å². The summed E-state index contributed by atoms with van der Waals surface area (Å²) in [5, 5.41) is 14.4. The third-order valence-corrected chi connectivity index (χ3v) is 0.888. The van der Waals surface area contributed by atoms with Crippen LogP contribution in [0.15, 0.2) is 0 Å². The molecule has 50 valence electrons. The molecule has 0 heterocycles. The van der Waals surface area contributed by atoms with Crippen molar-refractivity contribution >= 4 is 40.7 Å². The molecule has 0 amide bonds. The van der Waals surface area contributed by atoms with Gasteiger partial charge in [-0.1, -0.05) is 0 Å². The Labute approximate surface area is 64.2 Å². The van der Waals surface area contributed by atoms with Crippen molar-refractivity contribution in [3.8, 4) is 0 Å². The maximum Gasteiger partial charge on any atom is 0.373 e. The standard InChI is InChI=1S/C3H2INO4/c4-9-3(8)1(5)2(6)7/h5H,(H,6,7). The summed E-state index contributed by atoms with van der Waals surface area (Å²) >= 11 is 1.21. The number of aliphatic carboxylic acids is 1. The lowest BCUT2D eigenvalue weighted by atomic mass is 10.4. The van der Waals surface area contributed by atoms with E-state index in [-0.39, 0.29) is 0 Å². The molecule has 6 heteroatoms. The molecule has 0 rings (SSSR count). The average molecular weight is 243 g/mol. The molecule has 5 nitrogen and oxygen atoms in total. The molecular weight excluding hydrogens is 241 g/mol. The van der Waals surface area contributed by atoms with Crippen molar-refractivity contribution in [2.75, 3.05) is 0 Å². The Kier molecular flexibility index (Phi) is 3.13. The zero-order valence-corrected chi connectivity index (χ0v) is 6.21. The molecular formula is C3H2INO4. The summed E-state index contributed by atoms with van der Waals surface area (Å²) in [7, 11) is 0. The van der Waals surface area contributed by atoms with Crippen molar-refractivity contribution in [1.82, 2.24) is 0 Å². The third kappa shape index (κ3) is 2.40. The minimum absolute atomic E-state index is 1.07. The van der Waals surface area contributed by atoms with Crippen LogP contribution in [-0.4, -0.2) is 22.8 Å². The first-order valence-corrected chi connectivity index (χ1v) is 2.62. The molecule has 0 fully saturated rings. The van der Waals surface area contributed by atoms with Crippen LogP contribution in [-0.2, 0) is 12.7 Å². The minimum Gasteiger partial charge on any atom is -0.476 e. The average Bonchev–Trinajstić information content (AvgIpc) is 1.84. The SMILES string of the molecule is N=C(C(=O)O)C(=O)OI. The molecule has 0 saturated heterocycles. The highest BCUT2D eigenvalue weighted by Crippen LogP contribution is 1.88. The summed E-state index contributed by atoms with van der Waals surface area (Å²) < 4.78 is 3.90. The molecule has 0 aliphatic carbocycles. The summed E-state index contributed by atoms with van der Waals surface area (Å²) in [4.78, 5) is 19.9. The van der Waals surface area contributed by atoms with E-state index in [1.54, 1.807) is 0 Å². The van der Waals surface area contributed by atoms with Crippen LogP contribution in [0.5, 0.6) is 0 Å². The number of carbonyl (C=O) groups is 2. The lowest BCUT2D eigenvalue weighted by Crippen LogP contribution is -2.22. The maximum atomic E-state index is 10.1. The lowest BCUT2D eigenvalue weighted by molar-refractivity contribution is -0.132. The summed E-state index contributed by atoms with van der Waals surface area (Å²) in [5.41, 5.74) is -1.07. The van der Waals surface area contributed by atoms with Crippen LogP contribution in [0.3, 0.4) is 0 Å². The van der Waals surface area contributed by atoms with E-state index in [0.29, 0.717) is 0 Å². The smallest absolute Gasteiger partial charge is 0.373 e. The fraction of sp³-hybridized carbons (Fsp3) is 0. The first kappa shape index (κ1) is 8.34. The van der Waals surface area contributed by atoms with Gasteiger partial charge in [-0.3, -0.25) is 5.41 Å². The van der Waals surface area contributed by atoms with Gasteiger partial charge in [0.2, 0.25) is 5.71 Å². The Balaban J connectivity index is 4.05. The van der Waals surface area contributed by atoms with Crippen molar-refractivity contribution in [3.05, 3.63) is 0 Å². The molecule has 9 heavy (non-hydrogen) atoms. The van der Waals surface area contributed by atoms with E-state index in [1.165, 1.54) is 23.0 Å². The van der Waals surface area contributed by atoms with Gasteiger partial charge in [0.1, 0.15) is 0 Å². The van der Waals surface area contributed by atoms with Gasteiger partial charge in [0, 0.05) is 0 Å². The number of rotatable bonds is 2. The van der Waals surface area contributed by atoms with Crippen molar-refractivity contribution in [3.63, 3.8) is 0 Å².